The standard InChI is InChI=1S/C16H26N2O/c1-16(2,12-18-9-8-13(10-18)11-19)15(17)14-6-4-3-5-7-14/h3-7,13,15,19H,8-12,17H2,1-2H3. The molecule has 1 heterocycles. The Hall–Kier alpha value is -0.900. The van der Waals surface area contributed by atoms with Gasteiger partial charge in [-0.05, 0) is 29.9 Å². The zero-order chi connectivity index (χ0) is 13.9. The predicted octanol–water partition coefficient (Wildman–Crippen LogP) is 2.03. The highest BCUT2D eigenvalue weighted by molar-refractivity contribution is 5.20. The molecule has 106 valence electrons. The van der Waals surface area contributed by atoms with Crippen molar-refractivity contribution in [3.8, 4) is 0 Å². The third-order valence-corrected chi connectivity index (χ3v) is 4.26. The van der Waals surface area contributed by atoms with Crippen molar-refractivity contribution in [2.24, 2.45) is 17.1 Å². The van der Waals surface area contributed by atoms with Crippen LogP contribution in [0.4, 0.5) is 0 Å². The van der Waals surface area contributed by atoms with Crippen LogP contribution in [0.15, 0.2) is 30.3 Å². The van der Waals surface area contributed by atoms with Gasteiger partial charge in [-0.2, -0.15) is 0 Å². The van der Waals surface area contributed by atoms with Crippen LogP contribution in [0.3, 0.4) is 0 Å². The monoisotopic (exact) mass is 262 g/mol. The zero-order valence-corrected chi connectivity index (χ0v) is 12.0. The van der Waals surface area contributed by atoms with Crippen LogP contribution in [0.2, 0.25) is 0 Å². The van der Waals surface area contributed by atoms with Crippen molar-refractivity contribution < 1.29 is 5.11 Å². The van der Waals surface area contributed by atoms with Crippen LogP contribution < -0.4 is 5.73 Å². The van der Waals surface area contributed by atoms with Crippen LogP contribution in [0.25, 0.3) is 0 Å². The Bertz CT molecular complexity index is 391. The Morgan fingerprint density at radius 3 is 2.63 bits per heavy atom. The third-order valence-electron chi connectivity index (χ3n) is 4.26. The Kier molecular flexibility index (Phi) is 4.61. The average Bonchev–Trinajstić information content (AvgIpc) is 2.85. The van der Waals surface area contributed by atoms with E-state index in [0.29, 0.717) is 12.5 Å². The zero-order valence-electron chi connectivity index (χ0n) is 12.0. The number of rotatable bonds is 5. The maximum absolute atomic E-state index is 9.22. The van der Waals surface area contributed by atoms with Crippen LogP contribution in [-0.2, 0) is 0 Å². The average molecular weight is 262 g/mol. The van der Waals surface area contributed by atoms with Gasteiger partial charge in [0.25, 0.3) is 0 Å². The van der Waals surface area contributed by atoms with Gasteiger partial charge in [0.15, 0.2) is 0 Å². The van der Waals surface area contributed by atoms with Gasteiger partial charge in [0.2, 0.25) is 0 Å². The SMILES string of the molecule is CC(C)(CN1CCC(CO)C1)C(N)c1ccccc1. The van der Waals surface area contributed by atoms with Crippen LogP contribution in [0.1, 0.15) is 31.9 Å². The summed E-state index contributed by atoms with van der Waals surface area (Å²) >= 11 is 0. The first kappa shape index (κ1) is 14.5. The molecule has 0 aliphatic carbocycles. The highest BCUT2D eigenvalue weighted by Gasteiger charge is 2.32. The van der Waals surface area contributed by atoms with E-state index in [9.17, 15) is 5.11 Å². The largest absolute Gasteiger partial charge is 0.396 e. The second kappa shape index (κ2) is 6.04. The third kappa shape index (κ3) is 3.56. The van der Waals surface area contributed by atoms with E-state index in [0.717, 1.165) is 26.1 Å². The number of benzene rings is 1. The van der Waals surface area contributed by atoms with E-state index in [1.165, 1.54) is 5.56 Å². The molecular weight excluding hydrogens is 236 g/mol. The van der Waals surface area contributed by atoms with E-state index in [4.69, 9.17) is 5.73 Å². The number of likely N-dealkylation sites (tertiary alicyclic amines) is 1. The fraction of sp³-hybridized carbons (Fsp3) is 0.625. The van der Waals surface area contributed by atoms with Crippen LogP contribution in [-0.4, -0.2) is 36.2 Å². The molecule has 3 N–H and O–H groups in total. The van der Waals surface area contributed by atoms with Gasteiger partial charge in [0, 0.05) is 25.7 Å². The lowest BCUT2D eigenvalue weighted by molar-refractivity contribution is 0.162. The molecule has 0 bridgehead atoms. The maximum Gasteiger partial charge on any atom is 0.0471 e. The van der Waals surface area contributed by atoms with Crippen molar-refractivity contribution in [1.29, 1.82) is 0 Å². The molecule has 0 spiro atoms. The molecule has 1 fully saturated rings. The van der Waals surface area contributed by atoms with Gasteiger partial charge < -0.3 is 15.7 Å². The van der Waals surface area contributed by atoms with E-state index in [1.807, 2.05) is 18.2 Å². The highest BCUT2D eigenvalue weighted by atomic mass is 16.3. The predicted molar refractivity (Wildman–Crippen MR) is 78.8 cm³/mol. The summed E-state index contributed by atoms with van der Waals surface area (Å²) in [5.41, 5.74) is 7.67. The summed E-state index contributed by atoms with van der Waals surface area (Å²) in [5.74, 6) is 0.448. The molecule has 1 aromatic carbocycles. The molecule has 2 unspecified atom stereocenters. The molecule has 0 radical (unpaired) electrons. The Morgan fingerprint density at radius 2 is 2.05 bits per heavy atom. The first-order valence-electron chi connectivity index (χ1n) is 7.16. The van der Waals surface area contributed by atoms with Crippen LogP contribution in [0.5, 0.6) is 0 Å². The Labute approximate surface area is 116 Å². The normalized spacial score (nSPS) is 22.6. The van der Waals surface area contributed by atoms with Gasteiger partial charge in [-0.15, -0.1) is 0 Å². The van der Waals surface area contributed by atoms with Crippen molar-refractivity contribution in [2.75, 3.05) is 26.2 Å². The quantitative estimate of drug-likeness (QED) is 0.853. The molecule has 1 saturated heterocycles. The van der Waals surface area contributed by atoms with Crippen molar-refractivity contribution >= 4 is 0 Å². The number of hydrogen-bond donors (Lipinski definition) is 2. The molecule has 0 aromatic heterocycles. The molecular formula is C16H26N2O. The summed E-state index contributed by atoms with van der Waals surface area (Å²) in [7, 11) is 0. The molecule has 2 atom stereocenters. The molecule has 2 rings (SSSR count). The van der Waals surface area contributed by atoms with Crippen LogP contribution in [0, 0.1) is 11.3 Å². The van der Waals surface area contributed by atoms with E-state index in [-0.39, 0.29) is 11.5 Å². The van der Waals surface area contributed by atoms with E-state index in [1.54, 1.807) is 0 Å². The topological polar surface area (TPSA) is 49.5 Å². The number of aliphatic hydroxyl groups excluding tert-OH is 1. The fourth-order valence-corrected chi connectivity index (χ4v) is 2.99. The summed E-state index contributed by atoms with van der Waals surface area (Å²) < 4.78 is 0. The molecule has 1 aliphatic heterocycles. The number of nitrogens with two attached hydrogens (primary N) is 1. The summed E-state index contributed by atoms with van der Waals surface area (Å²) in [5, 5.41) is 9.22. The fourth-order valence-electron chi connectivity index (χ4n) is 2.99. The van der Waals surface area contributed by atoms with Crippen molar-refractivity contribution in [2.45, 2.75) is 26.3 Å². The van der Waals surface area contributed by atoms with Crippen molar-refractivity contribution in [3.05, 3.63) is 35.9 Å². The second-order valence-corrected chi connectivity index (χ2v) is 6.45. The van der Waals surface area contributed by atoms with Gasteiger partial charge in [-0.25, -0.2) is 0 Å². The lowest BCUT2D eigenvalue weighted by Gasteiger charge is -2.35. The molecule has 1 aliphatic rings. The summed E-state index contributed by atoms with van der Waals surface area (Å²) in [4.78, 5) is 2.43. The number of hydrogen-bond acceptors (Lipinski definition) is 3. The molecule has 1 aromatic rings. The van der Waals surface area contributed by atoms with Gasteiger partial charge in [0.05, 0.1) is 0 Å². The van der Waals surface area contributed by atoms with E-state index >= 15 is 0 Å². The van der Waals surface area contributed by atoms with Gasteiger partial charge >= 0.3 is 0 Å². The summed E-state index contributed by atoms with van der Waals surface area (Å²) in [6.07, 6.45) is 1.10. The van der Waals surface area contributed by atoms with Crippen LogP contribution >= 0.6 is 0 Å². The van der Waals surface area contributed by atoms with E-state index in [2.05, 4.69) is 30.9 Å². The first-order chi connectivity index (χ1) is 9.03. The molecule has 0 saturated carbocycles. The van der Waals surface area contributed by atoms with Gasteiger partial charge in [-0.3, -0.25) is 0 Å². The van der Waals surface area contributed by atoms with Gasteiger partial charge in [-0.1, -0.05) is 44.2 Å². The Morgan fingerprint density at radius 1 is 1.37 bits per heavy atom. The van der Waals surface area contributed by atoms with E-state index < -0.39 is 0 Å². The minimum atomic E-state index is 0.0334. The summed E-state index contributed by atoms with van der Waals surface area (Å²) in [6.45, 7) is 7.84. The Balaban J connectivity index is 1.98. The smallest absolute Gasteiger partial charge is 0.0471 e. The van der Waals surface area contributed by atoms with Crippen molar-refractivity contribution in [1.82, 2.24) is 4.90 Å². The van der Waals surface area contributed by atoms with Gasteiger partial charge in [0.1, 0.15) is 0 Å². The molecule has 3 nitrogen and oxygen atoms in total. The first-order valence-corrected chi connectivity index (χ1v) is 7.16. The lowest BCUT2D eigenvalue weighted by atomic mass is 9.80. The van der Waals surface area contributed by atoms with Crippen molar-refractivity contribution in [3.63, 3.8) is 0 Å². The minimum Gasteiger partial charge on any atom is -0.396 e. The summed E-state index contributed by atoms with van der Waals surface area (Å²) in [6, 6.07) is 10.4. The molecule has 3 heteroatoms. The lowest BCUT2D eigenvalue weighted by Crippen LogP contribution is -2.40. The molecule has 0 amide bonds. The maximum atomic E-state index is 9.22. The number of aliphatic hydroxyl groups is 1. The second-order valence-electron chi connectivity index (χ2n) is 6.45. The minimum absolute atomic E-state index is 0.0334. The number of nitrogens with zero attached hydrogens (tertiary/aromatic N) is 1. The highest BCUT2D eigenvalue weighted by Crippen LogP contribution is 2.33. The molecule has 19 heavy (non-hydrogen) atoms.